The molecule has 1 atom stereocenters. The molecule has 0 aliphatic heterocycles. The molecular weight excluding hydrogens is 246 g/mol. The van der Waals surface area contributed by atoms with Crippen LogP contribution in [0.25, 0.3) is 5.69 Å². The molecule has 1 saturated carbocycles. The molecule has 3 rings (SSSR count). The predicted molar refractivity (Wildman–Crippen MR) is 81.5 cm³/mol. The summed E-state index contributed by atoms with van der Waals surface area (Å²) in [5.74, 6) is 0.538. The Bertz CT molecular complexity index is 621. The maximum Gasteiger partial charge on any atom is 0.140 e. The van der Waals surface area contributed by atoms with E-state index >= 15 is 0 Å². The fourth-order valence-electron chi connectivity index (χ4n) is 3.11. The minimum absolute atomic E-state index is 0.121. The first-order valence-corrected chi connectivity index (χ1v) is 7.43. The number of benzene rings is 1. The molecule has 0 N–H and O–H groups in total. The average molecular weight is 267 g/mol. The van der Waals surface area contributed by atoms with Gasteiger partial charge in [-0.2, -0.15) is 0 Å². The number of hydrogen-bond donors (Lipinski definition) is 0. The van der Waals surface area contributed by atoms with Crippen molar-refractivity contribution in [3.63, 3.8) is 0 Å². The molecule has 1 aliphatic carbocycles. The van der Waals surface area contributed by atoms with E-state index < -0.39 is 0 Å². The normalized spacial score (nSPS) is 19.3. The van der Waals surface area contributed by atoms with Crippen molar-refractivity contribution in [3.8, 4) is 5.69 Å². The molecule has 1 heterocycles. The van der Waals surface area contributed by atoms with Gasteiger partial charge in [0.25, 0.3) is 0 Å². The van der Waals surface area contributed by atoms with E-state index in [9.17, 15) is 4.79 Å². The second-order valence-electron chi connectivity index (χ2n) is 5.90. The van der Waals surface area contributed by atoms with Gasteiger partial charge in [-0.3, -0.25) is 4.79 Å². The Balaban J connectivity index is 1.94. The highest BCUT2D eigenvalue weighted by atomic mass is 16.1. The molecule has 0 spiro atoms. The zero-order valence-electron chi connectivity index (χ0n) is 12.2. The van der Waals surface area contributed by atoms with Crippen LogP contribution in [0.4, 0.5) is 0 Å². The van der Waals surface area contributed by atoms with Crippen LogP contribution in [0.1, 0.15) is 48.3 Å². The third kappa shape index (κ3) is 2.43. The van der Waals surface area contributed by atoms with Crippen LogP contribution in [0.2, 0.25) is 0 Å². The van der Waals surface area contributed by atoms with Gasteiger partial charge in [-0.05, 0) is 49.9 Å². The number of ketones is 1. The molecular formula is C18H21NO. The third-order valence-electron chi connectivity index (χ3n) is 4.33. The molecule has 0 radical (unpaired) electrons. The zero-order chi connectivity index (χ0) is 14.1. The number of carbonyl (C=O) groups excluding carboxylic acids is 1. The molecule has 0 amide bonds. The van der Waals surface area contributed by atoms with Gasteiger partial charge in [0.1, 0.15) is 5.78 Å². The monoisotopic (exact) mass is 267 g/mol. The van der Waals surface area contributed by atoms with Crippen molar-refractivity contribution in [1.29, 1.82) is 0 Å². The first-order valence-electron chi connectivity index (χ1n) is 7.43. The van der Waals surface area contributed by atoms with E-state index in [-0.39, 0.29) is 5.92 Å². The highest BCUT2D eigenvalue weighted by Gasteiger charge is 2.26. The standard InChI is InChI=1S/C18H21NO/c1-13-7-9-15(10-8-13)19-11-14(2)17(12-19)16-5-3-4-6-18(16)20/h7-12,16H,3-6H2,1-2H3. The summed E-state index contributed by atoms with van der Waals surface area (Å²) in [5, 5.41) is 0. The summed E-state index contributed by atoms with van der Waals surface area (Å²) in [5.41, 5.74) is 4.87. The number of Topliss-reactive ketones (excluding diaryl/α,β-unsaturated/α-hetero) is 1. The van der Waals surface area contributed by atoms with Gasteiger partial charge in [0.2, 0.25) is 0 Å². The number of nitrogens with zero attached hydrogens (tertiary/aromatic N) is 1. The van der Waals surface area contributed by atoms with Crippen molar-refractivity contribution in [1.82, 2.24) is 4.57 Å². The Kier molecular flexibility index (Phi) is 3.47. The number of aryl methyl sites for hydroxylation is 2. The van der Waals surface area contributed by atoms with Gasteiger partial charge in [0.05, 0.1) is 0 Å². The molecule has 1 unspecified atom stereocenters. The van der Waals surface area contributed by atoms with Crippen molar-refractivity contribution in [3.05, 3.63) is 53.3 Å². The van der Waals surface area contributed by atoms with E-state index in [2.05, 4.69) is 55.1 Å². The fraction of sp³-hybridized carbons (Fsp3) is 0.389. The molecule has 20 heavy (non-hydrogen) atoms. The van der Waals surface area contributed by atoms with E-state index in [1.165, 1.54) is 23.1 Å². The molecule has 1 aromatic heterocycles. The summed E-state index contributed by atoms with van der Waals surface area (Å²) in [6.45, 7) is 4.21. The van der Waals surface area contributed by atoms with Gasteiger partial charge >= 0.3 is 0 Å². The smallest absolute Gasteiger partial charge is 0.140 e. The van der Waals surface area contributed by atoms with E-state index in [1.807, 2.05) is 0 Å². The third-order valence-corrected chi connectivity index (χ3v) is 4.33. The molecule has 2 heteroatoms. The summed E-state index contributed by atoms with van der Waals surface area (Å²) in [6.07, 6.45) is 8.28. The Morgan fingerprint density at radius 1 is 1.05 bits per heavy atom. The van der Waals surface area contributed by atoms with Crippen LogP contribution in [-0.4, -0.2) is 10.4 Å². The molecule has 1 aliphatic rings. The Morgan fingerprint density at radius 2 is 1.80 bits per heavy atom. The molecule has 0 saturated heterocycles. The summed E-state index contributed by atoms with van der Waals surface area (Å²) in [4.78, 5) is 12.1. The van der Waals surface area contributed by atoms with Crippen LogP contribution in [0.15, 0.2) is 36.7 Å². The van der Waals surface area contributed by atoms with Crippen LogP contribution in [-0.2, 0) is 4.79 Å². The van der Waals surface area contributed by atoms with Crippen molar-refractivity contribution in [2.24, 2.45) is 0 Å². The molecule has 104 valence electrons. The van der Waals surface area contributed by atoms with Gasteiger partial charge in [0.15, 0.2) is 0 Å². The topological polar surface area (TPSA) is 22.0 Å². The van der Waals surface area contributed by atoms with Crippen LogP contribution in [0.3, 0.4) is 0 Å². The van der Waals surface area contributed by atoms with E-state index in [0.29, 0.717) is 5.78 Å². The molecule has 2 nitrogen and oxygen atoms in total. The van der Waals surface area contributed by atoms with Crippen molar-refractivity contribution in [2.75, 3.05) is 0 Å². The molecule has 0 bridgehead atoms. The van der Waals surface area contributed by atoms with E-state index in [1.54, 1.807) is 0 Å². The van der Waals surface area contributed by atoms with Crippen molar-refractivity contribution >= 4 is 5.78 Å². The zero-order valence-corrected chi connectivity index (χ0v) is 12.2. The molecule has 1 aromatic carbocycles. The lowest BCUT2D eigenvalue weighted by molar-refractivity contribution is -0.121. The SMILES string of the molecule is Cc1ccc(-n2cc(C)c(C3CCCCC3=O)c2)cc1. The minimum Gasteiger partial charge on any atom is -0.323 e. The maximum absolute atomic E-state index is 12.1. The van der Waals surface area contributed by atoms with Gasteiger partial charge in [-0.1, -0.05) is 24.1 Å². The summed E-state index contributed by atoms with van der Waals surface area (Å²) >= 11 is 0. The Hall–Kier alpha value is -1.83. The summed E-state index contributed by atoms with van der Waals surface area (Å²) in [6, 6.07) is 8.49. The molecule has 2 aromatic rings. The van der Waals surface area contributed by atoms with E-state index in [4.69, 9.17) is 0 Å². The predicted octanol–water partition coefficient (Wildman–Crippen LogP) is 4.32. The van der Waals surface area contributed by atoms with Gasteiger partial charge < -0.3 is 4.57 Å². The van der Waals surface area contributed by atoms with Crippen LogP contribution >= 0.6 is 0 Å². The summed E-state index contributed by atoms with van der Waals surface area (Å²) in [7, 11) is 0. The molecule has 1 fully saturated rings. The number of hydrogen-bond acceptors (Lipinski definition) is 1. The summed E-state index contributed by atoms with van der Waals surface area (Å²) < 4.78 is 2.14. The average Bonchev–Trinajstić information content (AvgIpc) is 2.82. The largest absolute Gasteiger partial charge is 0.323 e. The Labute approximate surface area is 120 Å². The van der Waals surface area contributed by atoms with Crippen LogP contribution in [0.5, 0.6) is 0 Å². The lowest BCUT2D eigenvalue weighted by Crippen LogP contribution is -2.17. The van der Waals surface area contributed by atoms with Gasteiger partial charge in [-0.25, -0.2) is 0 Å². The first-order chi connectivity index (χ1) is 9.65. The minimum atomic E-state index is 0.121. The first kappa shape index (κ1) is 13.2. The highest BCUT2D eigenvalue weighted by Crippen LogP contribution is 2.32. The van der Waals surface area contributed by atoms with Crippen molar-refractivity contribution < 1.29 is 4.79 Å². The second-order valence-corrected chi connectivity index (χ2v) is 5.90. The second kappa shape index (κ2) is 5.28. The van der Waals surface area contributed by atoms with Crippen LogP contribution < -0.4 is 0 Å². The van der Waals surface area contributed by atoms with Gasteiger partial charge in [-0.15, -0.1) is 0 Å². The lowest BCUT2D eigenvalue weighted by atomic mass is 9.83. The number of rotatable bonds is 2. The van der Waals surface area contributed by atoms with Crippen molar-refractivity contribution in [2.45, 2.75) is 45.4 Å². The quantitative estimate of drug-likeness (QED) is 0.794. The highest BCUT2D eigenvalue weighted by molar-refractivity contribution is 5.86. The van der Waals surface area contributed by atoms with Gasteiger partial charge in [0, 0.05) is 30.4 Å². The lowest BCUT2D eigenvalue weighted by Gasteiger charge is -2.20. The number of carbonyl (C=O) groups is 1. The van der Waals surface area contributed by atoms with E-state index in [0.717, 1.165) is 24.9 Å². The Morgan fingerprint density at radius 3 is 2.50 bits per heavy atom. The number of aromatic nitrogens is 1. The fourth-order valence-corrected chi connectivity index (χ4v) is 3.11. The van der Waals surface area contributed by atoms with Crippen LogP contribution in [0, 0.1) is 13.8 Å². The maximum atomic E-state index is 12.1.